The van der Waals surface area contributed by atoms with E-state index in [1.165, 1.54) is 0 Å². The highest BCUT2D eigenvalue weighted by molar-refractivity contribution is 6.30. The van der Waals surface area contributed by atoms with Crippen LogP contribution in [-0.4, -0.2) is 17.2 Å². The second kappa shape index (κ2) is 8.61. The van der Waals surface area contributed by atoms with E-state index in [2.05, 4.69) is 5.32 Å². The molecule has 144 valence electrons. The maximum absolute atomic E-state index is 13.7. The van der Waals surface area contributed by atoms with Crippen molar-refractivity contribution >= 4 is 23.3 Å². The SMILES string of the molecule is CC(C)(C)NC(=O)c1ccc(Cl)cc1CC(=O)CCc1cc(F)ccc1F. The van der Waals surface area contributed by atoms with Gasteiger partial charge in [-0.05, 0) is 74.7 Å². The van der Waals surface area contributed by atoms with Gasteiger partial charge in [0, 0.05) is 29.0 Å². The van der Waals surface area contributed by atoms with Crippen molar-refractivity contribution in [2.75, 3.05) is 0 Å². The Morgan fingerprint density at radius 3 is 2.41 bits per heavy atom. The number of halogens is 3. The van der Waals surface area contributed by atoms with Crippen molar-refractivity contribution in [2.45, 2.75) is 45.6 Å². The van der Waals surface area contributed by atoms with Gasteiger partial charge in [0.2, 0.25) is 0 Å². The second-order valence-electron chi connectivity index (χ2n) is 7.46. The Balaban J connectivity index is 2.11. The van der Waals surface area contributed by atoms with Gasteiger partial charge in [0.25, 0.3) is 5.91 Å². The van der Waals surface area contributed by atoms with E-state index in [9.17, 15) is 18.4 Å². The van der Waals surface area contributed by atoms with E-state index in [-0.39, 0.29) is 36.5 Å². The van der Waals surface area contributed by atoms with Crippen LogP contribution in [0.4, 0.5) is 8.78 Å². The molecule has 0 spiro atoms. The fourth-order valence-electron chi connectivity index (χ4n) is 2.65. The summed E-state index contributed by atoms with van der Waals surface area (Å²) in [5.41, 5.74) is 0.612. The maximum Gasteiger partial charge on any atom is 0.251 e. The van der Waals surface area contributed by atoms with Crippen LogP contribution in [0.25, 0.3) is 0 Å². The predicted octanol–water partition coefficient (Wildman–Crippen LogP) is 4.89. The van der Waals surface area contributed by atoms with Crippen molar-refractivity contribution in [1.82, 2.24) is 5.32 Å². The van der Waals surface area contributed by atoms with Gasteiger partial charge >= 0.3 is 0 Å². The number of hydrogen-bond acceptors (Lipinski definition) is 2. The maximum atomic E-state index is 13.7. The van der Waals surface area contributed by atoms with Crippen LogP contribution in [-0.2, 0) is 17.6 Å². The third-order valence-electron chi connectivity index (χ3n) is 3.87. The Bertz CT molecular complexity index is 860. The number of Topliss-reactive ketones (excluding diaryl/α,β-unsaturated/α-hetero) is 1. The first-order chi connectivity index (χ1) is 12.5. The average Bonchev–Trinajstić information content (AvgIpc) is 2.54. The molecule has 0 aliphatic carbocycles. The summed E-state index contributed by atoms with van der Waals surface area (Å²) in [5.74, 6) is -1.57. The molecule has 3 nitrogen and oxygen atoms in total. The van der Waals surface area contributed by atoms with Crippen LogP contribution in [0, 0.1) is 11.6 Å². The third kappa shape index (κ3) is 6.43. The van der Waals surface area contributed by atoms with Gasteiger partial charge in [-0.1, -0.05) is 11.6 Å². The fourth-order valence-corrected chi connectivity index (χ4v) is 2.84. The number of carbonyl (C=O) groups is 2. The minimum atomic E-state index is -0.546. The third-order valence-corrected chi connectivity index (χ3v) is 4.10. The van der Waals surface area contributed by atoms with Gasteiger partial charge in [0.05, 0.1) is 0 Å². The van der Waals surface area contributed by atoms with E-state index >= 15 is 0 Å². The summed E-state index contributed by atoms with van der Waals surface area (Å²) >= 11 is 6.01. The van der Waals surface area contributed by atoms with Crippen molar-refractivity contribution in [3.8, 4) is 0 Å². The molecular formula is C21H22ClF2NO2. The Morgan fingerprint density at radius 2 is 1.74 bits per heavy atom. The normalized spacial score (nSPS) is 11.3. The van der Waals surface area contributed by atoms with Gasteiger partial charge < -0.3 is 5.32 Å². The summed E-state index contributed by atoms with van der Waals surface area (Å²) in [7, 11) is 0. The van der Waals surface area contributed by atoms with Crippen molar-refractivity contribution in [1.29, 1.82) is 0 Å². The second-order valence-corrected chi connectivity index (χ2v) is 7.89. The van der Waals surface area contributed by atoms with Crippen molar-refractivity contribution in [2.24, 2.45) is 0 Å². The fraction of sp³-hybridized carbons (Fsp3) is 0.333. The van der Waals surface area contributed by atoms with E-state index in [0.29, 0.717) is 16.1 Å². The zero-order valence-electron chi connectivity index (χ0n) is 15.5. The predicted molar refractivity (Wildman–Crippen MR) is 102 cm³/mol. The molecule has 0 atom stereocenters. The minimum Gasteiger partial charge on any atom is -0.347 e. The van der Waals surface area contributed by atoms with E-state index in [1.807, 2.05) is 20.8 Å². The lowest BCUT2D eigenvalue weighted by molar-refractivity contribution is -0.118. The van der Waals surface area contributed by atoms with Crippen LogP contribution in [0.15, 0.2) is 36.4 Å². The van der Waals surface area contributed by atoms with Crippen LogP contribution in [0.2, 0.25) is 5.02 Å². The molecule has 0 radical (unpaired) electrons. The van der Waals surface area contributed by atoms with Crippen LogP contribution in [0.3, 0.4) is 0 Å². The Kier molecular flexibility index (Phi) is 6.71. The van der Waals surface area contributed by atoms with Crippen LogP contribution in [0.5, 0.6) is 0 Å². The molecule has 0 heterocycles. The average molecular weight is 394 g/mol. The zero-order valence-corrected chi connectivity index (χ0v) is 16.3. The topological polar surface area (TPSA) is 46.2 Å². The molecule has 1 N–H and O–H groups in total. The zero-order chi connectivity index (χ0) is 20.2. The minimum absolute atomic E-state index is 0.00953. The van der Waals surface area contributed by atoms with Gasteiger partial charge in [0.1, 0.15) is 17.4 Å². The Morgan fingerprint density at radius 1 is 1.04 bits per heavy atom. The number of carbonyl (C=O) groups excluding carboxylic acids is 2. The number of hydrogen-bond donors (Lipinski definition) is 1. The smallest absolute Gasteiger partial charge is 0.251 e. The quantitative estimate of drug-likeness (QED) is 0.759. The molecule has 0 saturated heterocycles. The number of nitrogens with one attached hydrogen (secondary N) is 1. The summed E-state index contributed by atoms with van der Waals surface area (Å²) in [4.78, 5) is 24.8. The lowest BCUT2D eigenvalue weighted by atomic mass is 9.97. The molecule has 0 aromatic heterocycles. The highest BCUT2D eigenvalue weighted by Gasteiger charge is 2.19. The molecule has 0 saturated carbocycles. The number of ketones is 1. The standard InChI is InChI=1S/C21H22ClF2NO2/c1-21(2,3)25-20(27)18-8-5-15(22)10-14(18)12-17(26)7-4-13-11-16(23)6-9-19(13)24/h5-6,8-11H,4,7,12H2,1-3H3,(H,25,27). The van der Waals surface area contributed by atoms with Crippen molar-refractivity contribution in [3.63, 3.8) is 0 Å². The number of benzene rings is 2. The molecule has 2 aromatic rings. The van der Waals surface area contributed by atoms with E-state index < -0.39 is 17.2 Å². The van der Waals surface area contributed by atoms with Crippen LogP contribution in [0.1, 0.15) is 48.7 Å². The first-order valence-corrected chi connectivity index (χ1v) is 8.99. The summed E-state index contributed by atoms with van der Waals surface area (Å²) < 4.78 is 26.9. The lowest BCUT2D eigenvalue weighted by Crippen LogP contribution is -2.41. The highest BCUT2D eigenvalue weighted by atomic mass is 35.5. The van der Waals surface area contributed by atoms with E-state index in [1.54, 1.807) is 18.2 Å². The molecule has 0 unspecified atom stereocenters. The van der Waals surface area contributed by atoms with Crippen molar-refractivity contribution in [3.05, 3.63) is 69.7 Å². The lowest BCUT2D eigenvalue weighted by Gasteiger charge is -2.21. The van der Waals surface area contributed by atoms with Gasteiger partial charge in [0.15, 0.2) is 0 Å². The number of aryl methyl sites for hydroxylation is 1. The summed E-state index contributed by atoms with van der Waals surface area (Å²) in [6.07, 6.45) is 0.115. The van der Waals surface area contributed by atoms with Gasteiger partial charge in [-0.2, -0.15) is 0 Å². The molecule has 0 bridgehead atoms. The summed E-state index contributed by atoms with van der Waals surface area (Å²) in [6, 6.07) is 7.92. The molecule has 0 aliphatic heterocycles. The first-order valence-electron chi connectivity index (χ1n) is 8.62. The van der Waals surface area contributed by atoms with Crippen LogP contribution >= 0.6 is 11.6 Å². The largest absolute Gasteiger partial charge is 0.347 e. The Hall–Kier alpha value is -2.27. The molecule has 2 aromatic carbocycles. The van der Waals surface area contributed by atoms with Gasteiger partial charge in [-0.15, -0.1) is 0 Å². The number of amides is 1. The van der Waals surface area contributed by atoms with E-state index in [4.69, 9.17) is 11.6 Å². The molecule has 0 aliphatic rings. The monoisotopic (exact) mass is 393 g/mol. The van der Waals surface area contributed by atoms with Crippen LogP contribution < -0.4 is 5.32 Å². The molecule has 1 amide bonds. The summed E-state index contributed by atoms with van der Waals surface area (Å²) in [6.45, 7) is 5.58. The summed E-state index contributed by atoms with van der Waals surface area (Å²) in [5, 5.41) is 3.27. The molecular weight excluding hydrogens is 372 g/mol. The molecule has 0 fully saturated rings. The van der Waals surface area contributed by atoms with Gasteiger partial charge in [-0.25, -0.2) is 8.78 Å². The first kappa shape index (κ1) is 21.0. The molecule has 27 heavy (non-hydrogen) atoms. The number of rotatable bonds is 6. The molecule has 2 rings (SSSR count). The Labute approximate surface area is 162 Å². The molecule has 6 heteroatoms. The van der Waals surface area contributed by atoms with Crippen molar-refractivity contribution < 1.29 is 18.4 Å². The highest BCUT2D eigenvalue weighted by Crippen LogP contribution is 2.19. The van der Waals surface area contributed by atoms with Gasteiger partial charge in [-0.3, -0.25) is 9.59 Å². The van der Waals surface area contributed by atoms with E-state index in [0.717, 1.165) is 18.2 Å².